The summed E-state index contributed by atoms with van der Waals surface area (Å²) in [5.74, 6) is 1.22. The van der Waals surface area contributed by atoms with Crippen molar-refractivity contribution in [2.75, 3.05) is 0 Å². The van der Waals surface area contributed by atoms with E-state index in [1.165, 1.54) is 0 Å². The Labute approximate surface area is 55.6 Å². The molecule has 2 aliphatic carbocycles. The Morgan fingerprint density at radius 3 is 2.89 bits per heavy atom. The summed E-state index contributed by atoms with van der Waals surface area (Å²) in [6.07, 6.45) is 4.39. The summed E-state index contributed by atoms with van der Waals surface area (Å²) in [6.45, 7) is 0. The molecule has 3 aliphatic rings. The molecule has 48 valence electrons. The van der Waals surface area contributed by atoms with E-state index in [9.17, 15) is 4.21 Å². The van der Waals surface area contributed by atoms with Gasteiger partial charge in [-0.3, -0.25) is 4.18 Å². The monoisotopic (exact) mass is 142 g/mol. The van der Waals surface area contributed by atoms with E-state index in [4.69, 9.17) is 4.18 Å². The van der Waals surface area contributed by atoms with Gasteiger partial charge >= 0.3 is 0 Å². The summed E-state index contributed by atoms with van der Waals surface area (Å²) in [5, 5.41) is 0.375. The van der Waals surface area contributed by atoms with E-state index < -0.39 is 11.1 Å². The van der Waals surface area contributed by atoms with Crippen LogP contribution in [0.4, 0.5) is 0 Å². The molecule has 0 amide bonds. The molecule has 0 N–H and O–H groups in total. The van der Waals surface area contributed by atoms with E-state index in [0.717, 1.165) is 0 Å². The number of hydrogen-bond acceptors (Lipinski definition) is 2. The van der Waals surface area contributed by atoms with Gasteiger partial charge in [-0.25, -0.2) is 4.21 Å². The maximum atomic E-state index is 10.9. The van der Waals surface area contributed by atoms with Gasteiger partial charge in [-0.2, -0.15) is 0 Å². The quantitative estimate of drug-likeness (QED) is 0.453. The number of allylic oxidation sites excluding steroid dienone is 1. The van der Waals surface area contributed by atoms with E-state index in [1.54, 1.807) is 0 Å². The predicted octanol–water partition coefficient (Wildman–Crippen LogP) is 0.233. The van der Waals surface area contributed by atoms with Gasteiger partial charge < -0.3 is 0 Å². The molecule has 0 aromatic rings. The van der Waals surface area contributed by atoms with Crippen LogP contribution in [-0.2, 0) is 15.3 Å². The van der Waals surface area contributed by atoms with Crippen molar-refractivity contribution in [2.24, 2.45) is 11.8 Å². The summed E-state index contributed by atoms with van der Waals surface area (Å²) in [4.78, 5) is 0. The van der Waals surface area contributed by atoms with Crippen LogP contribution in [0, 0.1) is 11.8 Å². The van der Waals surface area contributed by atoms with Crippen LogP contribution in [0.5, 0.6) is 0 Å². The topological polar surface area (TPSA) is 26.3 Å². The molecule has 2 nitrogen and oxygen atoms in total. The molecule has 0 bridgehead atoms. The van der Waals surface area contributed by atoms with Crippen molar-refractivity contribution in [3.05, 3.63) is 12.2 Å². The molecular weight excluding hydrogens is 136 g/mol. The Balaban J connectivity index is 2.12. The maximum absolute atomic E-state index is 10.9. The zero-order valence-electron chi connectivity index (χ0n) is 4.69. The molecule has 0 radical (unpaired) electrons. The van der Waals surface area contributed by atoms with Gasteiger partial charge in [0.25, 0.3) is 0 Å². The first-order valence-corrected chi connectivity index (χ1v) is 4.28. The highest BCUT2D eigenvalue weighted by atomic mass is 32.2. The molecule has 3 heteroatoms. The predicted molar refractivity (Wildman–Crippen MR) is 32.9 cm³/mol. The largest absolute Gasteiger partial charge is 0.282 e. The zero-order valence-corrected chi connectivity index (χ0v) is 5.51. The normalized spacial score (nSPS) is 66.4. The molecular formula is C6H6O2S. The van der Waals surface area contributed by atoms with Crippen molar-refractivity contribution >= 4 is 11.1 Å². The van der Waals surface area contributed by atoms with E-state index in [1.807, 2.05) is 6.08 Å². The third-order valence-electron chi connectivity index (χ3n) is 2.39. The molecule has 5 unspecified atom stereocenters. The standard InChI is InChI=1S/C6H6O2S/c7-9-6-3-1-2-4(8-9)5(3)6/h1-6H. The first-order valence-electron chi connectivity index (χ1n) is 3.14. The summed E-state index contributed by atoms with van der Waals surface area (Å²) < 4.78 is 16.0. The van der Waals surface area contributed by atoms with E-state index in [2.05, 4.69) is 6.08 Å². The van der Waals surface area contributed by atoms with Crippen LogP contribution in [0.3, 0.4) is 0 Å². The smallest absolute Gasteiger partial charge is 0.160 e. The highest BCUT2D eigenvalue weighted by molar-refractivity contribution is 7.81. The van der Waals surface area contributed by atoms with Crippen molar-refractivity contribution in [1.29, 1.82) is 0 Å². The van der Waals surface area contributed by atoms with Crippen LogP contribution in [0.2, 0.25) is 0 Å². The summed E-state index contributed by atoms with van der Waals surface area (Å²) in [5.41, 5.74) is 0. The third-order valence-corrected chi connectivity index (χ3v) is 3.88. The second-order valence-electron chi connectivity index (χ2n) is 2.83. The zero-order chi connectivity index (χ0) is 6.01. The average Bonchev–Trinajstić information content (AvgIpc) is 2.34. The molecule has 0 aromatic carbocycles. The van der Waals surface area contributed by atoms with E-state index in [-0.39, 0.29) is 6.10 Å². The Hall–Kier alpha value is -0.150. The first kappa shape index (κ1) is 4.63. The van der Waals surface area contributed by atoms with Gasteiger partial charge in [-0.15, -0.1) is 0 Å². The molecule has 3 rings (SSSR count). The van der Waals surface area contributed by atoms with Crippen LogP contribution in [-0.4, -0.2) is 15.6 Å². The van der Waals surface area contributed by atoms with Gasteiger partial charge in [0, 0.05) is 11.8 Å². The minimum Gasteiger partial charge on any atom is -0.282 e. The molecule has 1 saturated carbocycles. The van der Waals surface area contributed by atoms with Crippen molar-refractivity contribution in [3.8, 4) is 0 Å². The van der Waals surface area contributed by atoms with Crippen molar-refractivity contribution in [2.45, 2.75) is 11.4 Å². The van der Waals surface area contributed by atoms with Crippen LogP contribution >= 0.6 is 0 Å². The highest BCUT2D eigenvalue weighted by Gasteiger charge is 2.65. The fourth-order valence-corrected chi connectivity index (χ4v) is 3.44. The average molecular weight is 142 g/mol. The summed E-state index contributed by atoms with van der Waals surface area (Å²) in [6, 6.07) is 0. The highest BCUT2D eigenvalue weighted by Crippen LogP contribution is 2.57. The lowest BCUT2D eigenvalue weighted by atomic mass is 10.3. The van der Waals surface area contributed by atoms with Gasteiger partial charge in [-0.1, -0.05) is 12.2 Å². The van der Waals surface area contributed by atoms with Crippen LogP contribution in [0.25, 0.3) is 0 Å². The summed E-state index contributed by atoms with van der Waals surface area (Å²) >= 11 is -0.954. The van der Waals surface area contributed by atoms with Gasteiger partial charge in [0.15, 0.2) is 11.1 Å². The molecule has 1 heterocycles. The first-order chi connectivity index (χ1) is 4.38. The number of rotatable bonds is 0. The Bertz CT molecular complexity index is 221. The van der Waals surface area contributed by atoms with E-state index >= 15 is 0 Å². The molecule has 1 aliphatic heterocycles. The number of hydrogen-bond donors (Lipinski definition) is 0. The third kappa shape index (κ3) is 0.373. The van der Waals surface area contributed by atoms with E-state index in [0.29, 0.717) is 17.1 Å². The molecule has 1 saturated heterocycles. The Kier molecular flexibility index (Phi) is 0.595. The van der Waals surface area contributed by atoms with Crippen LogP contribution in [0.15, 0.2) is 12.2 Å². The summed E-state index contributed by atoms with van der Waals surface area (Å²) in [7, 11) is 0. The van der Waals surface area contributed by atoms with Crippen molar-refractivity contribution < 1.29 is 8.39 Å². The van der Waals surface area contributed by atoms with Gasteiger partial charge in [0.05, 0.1) is 11.4 Å². The van der Waals surface area contributed by atoms with Gasteiger partial charge in [0.2, 0.25) is 0 Å². The van der Waals surface area contributed by atoms with Gasteiger partial charge in [0.1, 0.15) is 0 Å². The molecule has 2 fully saturated rings. The lowest BCUT2D eigenvalue weighted by molar-refractivity contribution is 0.277. The van der Waals surface area contributed by atoms with Gasteiger partial charge in [-0.05, 0) is 0 Å². The fourth-order valence-electron chi connectivity index (χ4n) is 1.86. The van der Waals surface area contributed by atoms with Crippen LogP contribution in [0.1, 0.15) is 0 Å². The molecule has 0 spiro atoms. The lowest BCUT2D eigenvalue weighted by Crippen LogP contribution is -2.04. The molecule has 9 heavy (non-hydrogen) atoms. The SMILES string of the molecule is O=S1OC2C=CC3C2C31. The Morgan fingerprint density at radius 1 is 1.44 bits per heavy atom. The lowest BCUT2D eigenvalue weighted by Gasteiger charge is -1.98. The van der Waals surface area contributed by atoms with Crippen LogP contribution < -0.4 is 0 Å². The van der Waals surface area contributed by atoms with Crippen molar-refractivity contribution in [1.82, 2.24) is 0 Å². The molecule has 0 aromatic heterocycles. The maximum Gasteiger partial charge on any atom is 0.160 e. The second kappa shape index (κ2) is 1.16. The minimum absolute atomic E-state index is 0.209. The number of fused-ring (bicyclic) bond motifs is 1. The van der Waals surface area contributed by atoms with Crippen molar-refractivity contribution in [3.63, 3.8) is 0 Å². The Morgan fingerprint density at radius 2 is 2.33 bits per heavy atom. The molecule has 5 atom stereocenters. The minimum atomic E-state index is -0.954. The second-order valence-corrected chi connectivity index (χ2v) is 4.08. The fraction of sp³-hybridized carbons (Fsp3) is 0.667.